The molecule has 1 atom stereocenters. The fourth-order valence-electron chi connectivity index (χ4n) is 2.37. The smallest absolute Gasteiger partial charge is 0.269 e. The minimum Gasteiger partial charge on any atom is -0.308 e. The Morgan fingerprint density at radius 2 is 1.73 bits per heavy atom. The number of amides is 1. The van der Waals surface area contributed by atoms with Crippen molar-refractivity contribution < 1.29 is 9.72 Å². The van der Waals surface area contributed by atoms with Crippen molar-refractivity contribution in [2.45, 2.75) is 12.5 Å². The molecule has 6 heteroatoms. The van der Waals surface area contributed by atoms with E-state index in [-0.39, 0.29) is 11.6 Å². The van der Waals surface area contributed by atoms with Crippen molar-refractivity contribution in [3.8, 4) is 0 Å². The molecule has 0 bridgehead atoms. The number of nitrogens with zero attached hydrogens (tertiary/aromatic N) is 2. The Morgan fingerprint density at radius 1 is 1.09 bits per heavy atom. The average molecular weight is 295 g/mol. The van der Waals surface area contributed by atoms with Crippen molar-refractivity contribution in [1.29, 1.82) is 0 Å². The van der Waals surface area contributed by atoms with Crippen LogP contribution in [0, 0.1) is 10.1 Å². The Balaban J connectivity index is 1.98. The first-order valence-corrected chi connectivity index (χ1v) is 6.72. The maximum Gasteiger partial charge on any atom is 0.269 e. The van der Waals surface area contributed by atoms with Crippen LogP contribution in [-0.2, 0) is 10.3 Å². The molecule has 1 aliphatic rings. The van der Waals surface area contributed by atoms with Crippen LogP contribution in [0.3, 0.4) is 0 Å². The summed E-state index contributed by atoms with van der Waals surface area (Å²) >= 11 is 0. The lowest BCUT2D eigenvalue weighted by Crippen LogP contribution is -2.35. The number of nitro groups is 1. The lowest BCUT2D eigenvalue weighted by Gasteiger charge is -2.17. The zero-order valence-electron chi connectivity index (χ0n) is 11.8. The van der Waals surface area contributed by atoms with Gasteiger partial charge in [0, 0.05) is 17.7 Å². The number of non-ortho nitro benzene ring substituents is 1. The van der Waals surface area contributed by atoms with E-state index in [0.29, 0.717) is 11.4 Å². The van der Waals surface area contributed by atoms with Gasteiger partial charge in [0.05, 0.1) is 4.92 Å². The summed E-state index contributed by atoms with van der Waals surface area (Å²) in [5.74, 6) is 0.207. The van der Waals surface area contributed by atoms with E-state index in [1.165, 1.54) is 12.1 Å². The molecule has 3 rings (SSSR count). The molecule has 1 amide bonds. The summed E-state index contributed by atoms with van der Waals surface area (Å²) in [6, 6.07) is 15.2. The predicted octanol–water partition coefficient (Wildman–Crippen LogP) is 2.39. The highest BCUT2D eigenvalue weighted by Gasteiger charge is 2.40. The normalized spacial score (nSPS) is 20.4. The van der Waals surface area contributed by atoms with Crippen molar-refractivity contribution in [1.82, 2.24) is 5.32 Å². The van der Waals surface area contributed by atoms with Gasteiger partial charge in [-0.3, -0.25) is 14.9 Å². The molecule has 0 saturated carbocycles. The van der Waals surface area contributed by atoms with Crippen LogP contribution in [-0.4, -0.2) is 16.7 Å². The molecule has 1 heterocycles. The van der Waals surface area contributed by atoms with Gasteiger partial charge in [-0.2, -0.15) is 0 Å². The first-order chi connectivity index (χ1) is 10.5. The van der Waals surface area contributed by atoms with Gasteiger partial charge in [0.15, 0.2) is 5.54 Å². The molecule has 0 radical (unpaired) electrons. The highest BCUT2D eigenvalue weighted by Crippen LogP contribution is 2.30. The maximum atomic E-state index is 12.3. The van der Waals surface area contributed by atoms with Crippen LogP contribution in [0.5, 0.6) is 0 Å². The van der Waals surface area contributed by atoms with Crippen LogP contribution in [0.25, 0.3) is 0 Å². The number of hydrogen-bond donors (Lipinski definition) is 1. The van der Waals surface area contributed by atoms with Gasteiger partial charge in [-0.05, 0) is 24.6 Å². The van der Waals surface area contributed by atoms with Crippen molar-refractivity contribution in [2.24, 2.45) is 4.99 Å². The third kappa shape index (κ3) is 2.24. The third-order valence-electron chi connectivity index (χ3n) is 3.70. The summed E-state index contributed by atoms with van der Waals surface area (Å²) < 4.78 is 0. The quantitative estimate of drug-likeness (QED) is 0.697. The molecule has 0 spiro atoms. The SMILES string of the molecule is C[C@]1(c2ccccc2)N=C(c2ccc([N+](=O)[O-])cc2)NC1=O. The molecule has 1 aliphatic heterocycles. The van der Waals surface area contributed by atoms with Crippen LogP contribution < -0.4 is 5.32 Å². The van der Waals surface area contributed by atoms with Crippen molar-refractivity contribution in [3.05, 3.63) is 75.8 Å². The lowest BCUT2D eigenvalue weighted by molar-refractivity contribution is -0.384. The van der Waals surface area contributed by atoms with Crippen LogP contribution in [0.4, 0.5) is 5.69 Å². The minimum absolute atomic E-state index is 0.000468. The molecule has 6 nitrogen and oxygen atoms in total. The van der Waals surface area contributed by atoms with Gasteiger partial charge in [0.25, 0.3) is 11.6 Å². The molecule has 0 saturated heterocycles. The zero-order valence-corrected chi connectivity index (χ0v) is 11.8. The zero-order chi connectivity index (χ0) is 15.7. The van der Waals surface area contributed by atoms with Crippen molar-refractivity contribution >= 4 is 17.4 Å². The van der Waals surface area contributed by atoms with E-state index >= 15 is 0 Å². The van der Waals surface area contributed by atoms with Gasteiger partial charge in [-0.1, -0.05) is 30.3 Å². The molecule has 110 valence electrons. The average Bonchev–Trinajstić information content (AvgIpc) is 2.85. The summed E-state index contributed by atoms with van der Waals surface area (Å²) in [5, 5.41) is 13.4. The second kappa shape index (κ2) is 5.07. The molecule has 0 unspecified atom stereocenters. The van der Waals surface area contributed by atoms with Gasteiger partial charge in [-0.15, -0.1) is 0 Å². The fraction of sp³-hybridized carbons (Fsp3) is 0.125. The molecule has 2 aromatic carbocycles. The van der Waals surface area contributed by atoms with E-state index in [9.17, 15) is 14.9 Å². The Kier molecular flexibility index (Phi) is 3.21. The van der Waals surface area contributed by atoms with Crippen molar-refractivity contribution in [2.75, 3.05) is 0 Å². The Bertz CT molecular complexity index is 769. The number of aliphatic imine (C=N–C) groups is 1. The molecular formula is C16H13N3O3. The van der Waals surface area contributed by atoms with Gasteiger partial charge < -0.3 is 5.32 Å². The number of nitro benzene ring substituents is 1. The first-order valence-electron chi connectivity index (χ1n) is 6.72. The number of benzene rings is 2. The van der Waals surface area contributed by atoms with Gasteiger partial charge in [0.2, 0.25) is 0 Å². The largest absolute Gasteiger partial charge is 0.308 e. The van der Waals surface area contributed by atoms with Crippen molar-refractivity contribution in [3.63, 3.8) is 0 Å². The number of amidine groups is 1. The Morgan fingerprint density at radius 3 is 2.32 bits per heavy atom. The molecular weight excluding hydrogens is 282 g/mol. The standard InChI is InChI=1S/C16H13N3O3/c1-16(12-5-3-2-4-6-12)15(20)17-14(18-16)11-7-9-13(10-8-11)19(21)22/h2-10H,1H3,(H,17,18,20)/t16-/m1/s1. The monoisotopic (exact) mass is 295 g/mol. The summed E-state index contributed by atoms with van der Waals surface area (Å²) in [6.07, 6.45) is 0. The molecule has 1 N–H and O–H groups in total. The Labute approximate surface area is 126 Å². The number of hydrogen-bond acceptors (Lipinski definition) is 4. The van der Waals surface area contributed by atoms with Gasteiger partial charge >= 0.3 is 0 Å². The number of carbonyl (C=O) groups is 1. The van der Waals surface area contributed by atoms with E-state index < -0.39 is 10.5 Å². The second-order valence-electron chi connectivity index (χ2n) is 5.16. The Hall–Kier alpha value is -3.02. The number of carbonyl (C=O) groups excluding carboxylic acids is 1. The molecule has 2 aromatic rings. The van der Waals surface area contributed by atoms with Crippen LogP contribution in [0.15, 0.2) is 59.6 Å². The summed E-state index contributed by atoms with van der Waals surface area (Å²) in [7, 11) is 0. The topological polar surface area (TPSA) is 84.6 Å². The van der Waals surface area contributed by atoms with Gasteiger partial charge in [0.1, 0.15) is 5.84 Å². The highest BCUT2D eigenvalue weighted by atomic mass is 16.6. The molecule has 0 fully saturated rings. The van der Waals surface area contributed by atoms with E-state index in [2.05, 4.69) is 10.3 Å². The summed E-state index contributed by atoms with van der Waals surface area (Å²) in [4.78, 5) is 27.0. The molecule has 0 aliphatic carbocycles. The summed E-state index contributed by atoms with van der Waals surface area (Å²) in [5.41, 5.74) is 0.445. The lowest BCUT2D eigenvalue weighted by atomic mass is 9.93. The van der Waals surface area contributed by atoms with E-state index in [1.807, 2.05) is 30.3 Å². The first kappa shape index (κ1) is 13.9. The predicted molar refractivity (Wildman–Crippen MR) is 81.6 cm³/mol. The van der Waals surface area contributed by atoms with E-state index in [0.717, 1.165) is 5.56 Å². The number of nitrogens with one attached hydrogen (secondary N) is 1. The number of rotatable bonds is 3. The molecule has 0 aromatic heterocycles. The van der Waals surface area contributed by atoms with E-state index in [4.69, 9.17) is 0 Å². The maximum absolute atomic E-state index is 12.3. The van der Waals surface area contributed by atoms with Gasteiger partial charge in [-0.25, -0.2) is 4.99 Å². The molecule has 22 heavy (non-hydrogen) atoms. The third-order valence-corrected chi connectivity index (χ3v) is 3.70. The highest BCUT2D eigenvalue weighted by molar-refractivity contribution is 6.15. The van der Waals surface area contributed by atoms with Crippen LogP contribution in [0.1, 0.15) is 18.1 Å². The second-order valence-corrected chi connectivity index (χ2v) is 5.16. The van der Waals surface area contributed by atoms with Crippen LogP contribution >= 0.6 is 0 Å². The minimum atomic E-state index is -0.988. The fourth-order valence-corrected chi connectivity index (χ4v) is 2.37. The van der Waals surface area contributed by atoms with Crippen LogP contribution in [0.2, 0.25) is 0 Å². The van der Waals surface area contributed by atoms with E-state index in [1.54, 1.807) is 19.1 Å². The summed E-state index contributed by atoms with van der Waals surface area (Å²) in [6.45, 7) is 1.75.